The van der Waals surface area contributed by atoms with Crippen LogP contribution >= 0.6 is 0 Å². The van der Waals surface area contributed by atoms with Gasteiger partial charge < -0.3 is 20.3 Å². The fraction of sp³-hybridized carbons (Fsp3) is 0.855. The molecule has 0 aliphatic carbocycles. The molecule has 3 N–H and O–H groups in total. The van der Waals surface area contributed by atoms with Gasteiger partial charge in [-0.05, 0) is 64.2 Å². The Balaban J connectivity index is 4.53. The maximum atomic E-state index is 13.2. The second-order valence-electron chi connectivity index (χ2n) is 18.3. The number of amides is 1. The second-order valence-corrected chi connectivity index (χ2v) is 18.3. The van der Waals surface area contributed by atoms with Crippen molar-refractivity contribution in [2.75, 3.05) is 6.61 Å². The lowest BCUT2D eigenvalue weighted by atomic mass is 10.0. The van der Waals surface area contributed by atoms with Crippen LogP contribution in [0.15, 0.2) is 36.5 Å². The molecule has 0 aromatic heterocycles. The smallest absolute Gasteiger partial charge is 0.306 e. The highest BCUT2D eigenvalue weighted by Crippen LogP contribution is 2.18. The number of esters is 1. The Labute approximate surface area is 379 Å². The van der Waals surface area contributed by atoms with Crippen molar-refractivity contribution in [3.05, 3.63) is 36.5 Å². The normalized spacial score (nSPS) is 13.5. The first kappa shape index (κ1) is 59.1. The van der Waals surface area contributed by atoms with Gasteiger partial charge in [-0.15, -0.1) is 0 Å². The molecule has 0 aliphatic rings. The molecular weight excluding hydrogens is 755 g/mol. The molecule has 0 saturated carbocycles. The van der Waals surface area contributed by atoms with Gasteiger partial charge in [0.25, 0.3) is 0 Å². The van der Waals surface area contributed by atoms with Crippen molar-refractivity contribution in [1.29, 1.82) is 0 Å². The van der Waals surface area contributed by atoms with E-state index in [1.807, 2.05) is 0 Å². The van der Waals surface area contributed by atoms with E-state index in [0.29, 0.717) is 19.3 Å². The van der Waals surface area contributed by atoms with Crippen molar-refractivity contribution in [1.82, 2.24) is 5.32 Å². The van der Waals surface area contributed by atoms with Gasteiger partial charge in [-0.2, -0.15) is 0 Å². The van der Waals surface area contributed by atoms with E-state index in [0.717, 1.165) is 70.6 Å². The van der Waals surface area contributed by atoms with Crippen LogP contribution in [0.4, 0.5) is 0 Å². The van der Waals surface area contributed by atoms with E-state index in [2.05, 4.69) is 62.5 Å². The number of hydrogen-bond donors (Lipinski definition) is 3. The third kappa shape index (κ3) is 44.5. The van der Waals surface area contributed by atoms with Crippen LogP contribution in [-0.2, 0) is 14.3 Å². The molecule has 6 heteroatoms. The summed E-state index contributed by atoms with van der Waals surface area (Å²) in [5.74, 6) is -0.488. The molecule has 1 amide bonds. The van der Waals surface area contributed by atoms with Gasteiger partial charge in [0, 0.05) is 6.42 Å². The number of unbranched alkanes of at least 4 members (excludes halogenated alkanes) is 30. The minimum Gasteiger partial charge on any atom is -0.462 e. The number of aliphatic hydroxyl groups is 2. The standard InChI is InChI=1S/C55H103NO5/c1-4-7-10-13-16-19-22-24-26-27-28-30-33-36-39-42-45-48-55(60)61-51(46-43-40-37-34-31-21-18-15-12-9-6-3)49-54(59)56-52(50-57)53(58)47-44-41-38-35-32-29-25-23-20-17-14-11-8-5-2/h16,19,24,26,28,30,51-53,57-58H,4-15,17-18,20-23,25,27,29,31-50H2,1-3H3,(H,56,59)/b19-16-,26-24-,30-28-. The molecular formula is C55H103NO5. The van der Waals surface area contributed by atoms with E-state index in [9.17, 15) is 19.8 Å². The maximum Gasteiger partial charge on any atom is 0.306 e. The Morgan fingerprint density at radius 2 is 0.836 bits per heavy atom. The van der Waals surface area contributed by atoms with Crippen molar-refractivity contribution >= 4 is 11.9 Å². The van der Waals surface area contributed by atoms with E-state index in [1.54, 1.807) is 0 Å². The minimum absolute atomic E-state index is 0.0723. The summed E-state index contributed by atoms with van der Waals surface area (Å²) < 4.78 is 5.93. The van der Waals surface area contributed by atoms with Crippen LogP contribution in [0.2, 0.25) is 0 Å². The maximum absolute atomic E-state index is 13.2. The third-order valence-electron chi connectivity index (χ3n) is 12.2. The fourth-order valence-electron chi connectivity index (χ4n) is 8.14. The number of hydrogen-bond acceptors (Lipinski definition) is 5. The summed E-state index contributed by atoms with van der Waals surface area (Å²) in [5.41, 5.74) is 0. The van der Waals surface area contributed by atoms with Crippen LogP contribution in [0.3, 0.4) is 0 Å². The highest BCUT2D eigenvalue weighted by Gasteiger charge is 2.24. The molecule has 0 aliphatic heterocycles. The van der Waals surface area contributed by atoms with Crippen molar-refractivity contribution in [2.24, 2.45) is 0 Å². The molecule has 0 spiro atoms. The minimum atomic E-state index is -0.788. The van der Waals surface area contributed by atoms with Gasteiger partial charge in [0.05, 0.1) is 25.2 Å². The molecule has 0 heterocycles. The summed E-state index contributed by atoms with van der Waals surface area (Å²) in [4.78, 5) is 26.1. The van der Waals surface area contributed by atoms with Gasteiger partial charge >= 0.3 is 5.97 Å². The first-order valence-corrected chi connectivity index (χ1v) is 26.7. The highest BCUT2D eigenvalue weighted by atomic mass is 16.5. The SMILES string of the molecule is CCCCC/C=C\C/C=C\C/C=C\CCCCCCC(=O)OC(CCCCCCCCCCCCC)CC(=O)NC(CO)C(O)CCCCCCCCCCCCCCCC. The van der Waals surface area contributed by atoms with E-state index in [1.165, 1.54) is 161 Å². The van der Waals surface area contributed by atoms with Crippen molar-refractivity contribution in [3.63, 3.8) is 0 Å². The van der Waals surface area contributed by atoms with E-state index >= 15 is 0 Å². The first-order chi connectivity index (χ1) is 30.0. The van der Waals surface area contributed by atoms with Gasteiger partial charge in [0.2, 0.25) is 5.91 Å². The molecule has 6 nitrogen and oxygen atoms in total. The van der Waals surface area contributed by atoms with Gasteiger partial charge in [-0.1, -0.05) is 237 Å². The van der Waals surface area contributed by atoms with Crippen molar-refractivity contribution in [3.8, 4) is 0 Å². The topological polar surface area (TPSA) is 95.9 Å². The van der Waals surface area contributed by atoms with Gasteiger partial charge in [-0.25, -0.2) is 0 Å². The number of rotatable bonds is 48. The molecule has 3 atom stereocenters. The number of aliphatic hydroxyl groups excluding tert-OH is 2. The molecule has 0 bridgehead atoms. The Bertz CT molecular complexity index is 1010. The lowest BCUT2D eigenvalue weighted by molar-refractivity contribution is -0.151. The van der Waals surface area contributed by atoms with Crippen LogP contribution in [0.5, 0.6) is 0 Å². The summed E-state index contributed by atoms with van der Waals surface area (Å²) in [6.07, 6.45) is 57.7. The lowest BCUT2D eigenvalue weighted by Crippen LogP contribution is -2.46. The summed E-state index contributed by atoms with van der Waals surface area (Å²) in [6, 6.07) is -0.702. The number of carbonyl (C=O) groups is 2. The predicted molar refractivity (Wildman–Crippen MR) is 264 cm³/mol. The average molecular weight is 858 g/mol. The van der Waals surface area contributed by atoms with Crippen molar-refractivity contribution in [2.45, 2.75) is 296 Å². The van der Waals surface area contributed by atoms with Crippen molar-refractivity contribution < 1.29 is 24.5 Å². The average Bonchev–Trinajstić information content (AvgIpc) is 3.25. The zero-order valence-corrected chi connectivity index (χ0v) is 40.8. The predicted octanol–water partition coefficient (Wildman–Crippen LogP) is 16.1. The van der Waals surface area contributed by atoms with Gasteiger partial charge in [-0.3, -0.25) is 9.59 Å². The zero-order valence-electron chi connectivity index (χ0n) is 40.8. The van der Waals surface area contributed by atoms with Crippen LogP contribution in [0.25, 0.3) is 0 Å². The molecule has 61 heavy (non-hydrogen) atoms. The molecule has 0 radical (unpaired) electrons. The Hall–Kier alpha value is -1.92. The summed E-state index contributed by atoms with van der Waals surface area (Å²) >= 11 is 0. The molecule has 358 valence electrons. The molecule has 3 unspecified atom stereocenters. The number of nitrogens with one attached hydrogen (secondary N) is 1. The van der Waals surface area contributed by atoms with E-state index < -0.39 is 18.2 Å². The molecule has 0 saturated heterocycles. The second kappa shape index (κ2) is 49.1. The number of allylic oxidation sites excluding steroid dienone is 6. The highest BCUT2D eigenvalue weighted by molar-refractivity contribution is 5.77. The Morgan fingerprint density at radius 1 is 0.475 bits per heavy atom. The Kier molecular flexibility index (Phi) is 47.6. The molecule has 0 fully saturated rings. The fourth-order valence-corrected chi connectivity index (χ4v) is 8.14. The molecule has 0 aromatic carbocycles. The van der Waals surface area contributed by atoms with E-state index in [4.69, 9.17) is 4.74 Å². The third-order valence-corrected chi connectivity index (χ3v) is 12.2. The summed E-state index contributed by atoms with van der Waals surface area (Å²) in [6.45, 7) is 6.46. The van der Waals surface area contributed by atoms with Gasteiger partial charge in [0.1, 0.15) is 6.10 Å². The van der Waals surface area contributed by atoms with Crippen LogP contribution in [-0.4, -0.2) is 46.9 Å². The quantitative estimate of drug-likeness (QED) is 0.0322. The summed E-state index contributed by atoms with van der Waals surface area (Å²) in [5, 5.41) is 23.8. The monoisotopic (exact) mass is 858 g/mol. The zero-order chi connectivity index (χ0) is 44.5. The van der Waals surface area contributed by atoms with Crippen LogP contribution in [0.1, 0.15) is 278 Å². The number of ether oxygens (including phenoxy) is 1. The Morgan fingerprint density at radius 3 is 1.30 bits per heavy atom. The lowest BCUT2D eigenvalue weighted by Gasteiger charge is -2.24. The largest absolute Gasteiger partial charge is 0.462 e. The molecule has 0 rings (SSSR count). The molecule has 0 aromatic rings. The van der Waals surface area contributed by atoms with Gasteiger partial charge in [0.15, 0.2) is 0 Å². The van der Waals surface area contributed by atoms with Crippen LogP contribution < -0.4 is 5.32 Å². The first-order valence-electron chi connectivity index (χ1n) is 26.7. The van der Waals surface area contributed by atoms with E-state index in [-0.39, 0.29) is 24.9 Å². The summed E-state index contributed by atoms with van der Waals surface area (Å²) in [7, 11) is 0. The number of carbonyl (C=O) groups excluding carboxylic acids is 2. The van der Waals surface area contributed by atoms with Crippen LogP contribution in [0, 0.1) is 0 Å².